The molecule has 20 heavy (non-hydrogen) atoms. The highest BCUT2D eigenvalue weighted by Gasteiger charge is 2.44. The van der Waals surface area contributed by atoms with Crippen LogP contribution in [-0.2, 0) is 14.3 Å². The number of amides is 2. The molecule has 4 atom stereocenters. The number of nitrogens with one attached hydrogen (secondary N) is 1. The molecule has 7 nitrogen and oxygen atoms in total. The van der Waals surface area contributed by atoms with Crippen LogP contribution in [0, 0.1) is 5.92 Å². The van der Waals surface area contributed by atoms with E-state index in [1.165, 1.54) is 0 Å². The van der Waals surface area contributed by atoms with E-state index in [2.05, 4.69) is 5.32 Å². The molecule has 2 amide bonds. The summed E-state index contributed by atoms with van der Waals surface area (Å²) in [4.78, 5) is 24.5. The van der Waals surface area contributed by atoms with E-state index in [0.717, 1.165) is 6.42 Å². The molecule has 0 spiro atoms. The zero-order chi connectivity index (χ0) is 14.7. The average Bonchev–Trinajstić information content (AvgIpc) is 2.87. The van der Waals surface area contributed by atoms with E-state index in [9.17, 15) is 9.59 Å². The van der Waals surface area contributed by atoms with Crippen LogP contribution < -0.4 is 5.32 Å². The molecule has 1 saturated heterocycles. The minimum atomic E-state index is -0.838. The van der Waals surface area contributed by atoms with Crippen LogP contribution in [0.4, 0.5) is 4.79 Å². The summed E-state index contributed by atoms with van der Waals surface area (Å²) in [5, 5.41) is 11.8. The molecule has 7 heteroatoms. The summed E-state index contributed by atoms with van der Waals surface area (Å²) in [6.45, 7) is 3.31. The van der Waals surface area contributed by atoms with Gasteiger partial charge in [0.25, 0.3) is 0 Å². The molecular weight excluding hydrogens is 264 g/mol. The molecule has 2 aliphatic rings. The first-order valence-electron chi connectivity index (χ1n) is 6.99. The summed E-state index contributed by atoms with van der Waals surface area (Å²) in [6, 6.07) is -0.274. The molecule has 0 radical (unpaired) electrons. The summed E-state index contributed by atoms with van der Waals surface area (Å²) >= 11 is 0. The number of hydrogen-bond donors (Lipinski definition) is 2. The van der Waals surface area contributed by atoms with Crippen molar-refractivity contribution in [2.24, 2.45) is 5.92 Å². The van der Waals surface area contributed by atoms with Crippen LogP contribution in [0.25, 0.3) is 0 Å². The highest BCUT2D eigenvalue weighted by Crippen LogP contribution is 2.27. The van der Waals surface area contributed by atoms with Gasteiger partial charge in [0, 0.05) is 26.8 Å². The molecule has 1 aliphatic heterocycles. The Bertz CT molecular complexity index is 376. The number of urea groups is 1. The summed E-state index contributed by atoms with van der Waals surface area (Å²) in [6.07, 6.45) is 1.15. The topological polar surface area (TPSA) is 88.1 Å². The first kappa shape index (κ1) is 15.1. The van der Waals surface area contributed by atoms with Gasteiger partial charge in [0.1, 0.15) is 6.10 Å². The van der Waals surface area contributed by atoms with Crippen molar-refractivity contribution in [3.63, 3.8) is 0 Å². The van der Waals surface area contributed by atoms with Gasteiger partial charge >= 0.3 is 12.0 Å². The van der Waals surface area contributed by atoms with Gasteiger partial charge in [0.15, 0.2) is 0 Å². The van der Waals surface area contributed by atoms with Gasteiger partial charge in [-0.05, 0) is 19.8 Å². The predicted octanol–water partition coefficient (Wildman–Crippen LogP) is 0.295. The maximum atomic E-state index is 12.1. The van der Waals surface area contributed by atoms with Gasteiger partial charge in [0.05, 0.1) is 18.1 Å². The zero-order valence-electron chi connectivity index (χ0n) is 11.9. The van der Waals surface area contributed by atoms with Crippen molar-refractivity contribution in [2.45, 2.75) is 38.0 Å². The van der Waals surface area contributed by atoms with Crippen LogP contribution in [0.1, 0.15) is 19.8 Å². The summed E-state index contributed by atoms with van der Waals surface area (Å²) in [7, 11) is 1.60. The number of likely N-dealkylation sites (tertiary alicyclic amines) is 1. The molecule has 0 aromatic heterocycles. The normalized spacial score (nSPS) is 32.8. The molecule has 1 saturated carbocycles. The third kappa shape index (κ3) is 3.04. The van der Waals surface area contributed by atoms with Crippen molar-refractivity contribution in [1.29, 1.82) is 0 Å². The Morgan fingerprint density at radius 3 is 2.75 bits per heavy atom. The van der Waals surface area contributed by atoms with E-state index in [1.54, 1.807) is 12.0 Å². The Morgan fingerprint density at radius 1 is 1.45 bits per heavy atom. The van der Waals surface area contributed by atoms with Crippen molar-refractivity contribution in [3.05, 3.63) is 0 Å². The van der Waals surface area contributed by atoms with Crippen molar-refractivity contribution in [1.82, 2.24) is 10.2 Å². The fourth-order valence-corrected chi connectivity index (χ4v) is 2.81. The number of aliphatic carboxylic acids is 1. The van der Waals surface area contributed by atoms with Crippen molar-refractivity contribution in [2.75, 3.05) is 26.8 Å². The number of carbonyl (C=O) groups is 2. The number of carbonyl (C=O) groups excluding carboxylic acids is 1. The molecule has 4 unspecified atom stereocenters. The van der Waals surface area contributed by atoms with E-state index in [4.69, 9.17) is 14.6 Å². The smallest absolute Gasteiger partial charge is 0.317 e. The minimum Gasteiger partial charge on any atom is -0.481 e. The highest BCUT2D eigenvalue weighted by molar-refractivity contribution is 5.77. The lowest BCUT2D eigenvalue weighted by Crippen LogP contribution is -2.62. The second-order valence-electron chi connectivity index (χ2n) is 5.26. The minimum absolute atomic E-state index is 0.0284. The van der Waals surface area contributed by atoms with Gasteiger partial charge in [0.2, 0.25) is 0 Å². The lowest BCUT2D eigenvalue weighted by Gasteiger charge is -2.43. The van der Waals surface area contributed by atoms with E-state index in [0.29, 0.717) is 19.6 Å². The molecule has 0 bridgehead atoms. The van der Waals surface area contributed by atoms with Crippen LogP contribution >= 0.6 is 0 Å². The molecule has 114 valence electrons. The van der Waals surface area contributed by atoms with Crippen molar-refractivity contribution >= 4 is 12.0 Å². The molecule has 1 heterocycles. The summed E-state index contributed by atoms with van der Waals surface area (Å²) in [5.41, 5.74) is 0. The Balaban J connectivity index is 1.80. The zero-order valence-corrected chi connectivity index (χ0v) is 11.9. The number of ether oxygens (including phenoxy) is 2. The number of nitrogens with zero attached hydrogens (tertiary/aromatic N) is 1. The van der Waals surface area contributed by atoms with Crippen molar-refractivity contribution in [3.8, 4) is 0 Å². The predicted molar refractivity (Wildman–Crippen MR) is 70.5 cm³/mol. The fourth-order valence-electron chi connectivity index (χ4n) is 2.81. The standard InChI is InChI=1S/C13H22N2O5/c1-3-20-10-6-9(11(10)19-2)14-13(18)15-5-4-8(7-15)12(16)17/h8-11H,3-7H2,1-2H3,(H,14,18)(H,16,17). The molecule has 2 rings (SSSR count). The Morgan fingerprint density at radius 2 is 2.20 bits per heavy atom. The van der Waals surface area contributed by atoms with E-state index < -0.39 is 11.9 Å². The molecule has 1 aliphatic carbocycles. The molecule has 2 N–H and O–H groups in total. The quantitative estimate of drug-likeness (QED) is 0.758. The van der Waals surface area contributed by atoms with Gasteiger partial charge in [-0.1, -0.05) is 0 Å². The fraction of sp³-hybridized carbons (Fsp3) is 0.846. The summed E-state index contributed by atoms with van der Waals surface area (Å²) in [5.74, 6) is -1.29. The van der Waals surface area contributed by atoms with Gasteiger partial charge in [-0.15, -0.1) is 0 Å². The first-order valence-corrected chi connectivity index (χ1v) is 6.99. The number of carboxylic acid groups (broad SMARTS) is 1. The summed E-state index contributed by atoms with van der Waals surface area (Å²) < 4.78 is 10.8. The van der Waals surface area contributed by atoms with E-state index >= 15 is 0 Å². The number of rotatable bonds is 5. The largest absolute Gasteiger partial charge is 0.481 e. The average molecular weight is 286 g/mol. The van der Waals surface area contributed by atoms with E-state index in [-0.39, 0.29) is 30.8 Å². The molecule has 0 aromatic rings. The highest BCUT2D eigenvalue weighted by atomic mass is 16.5. The Hall–Kier alpha value is -1.34. The van der Waals surface area contributed by atoms with Crippen LogP contribution in [-0.4, -0.2) is 67.1 Å². The third-order valence-electron chi connectivity index (χ3n) is 4.04. The Labute approximate surface area is 118 Å². The Kier molecular flexibility index (Phi) is 4.82. The van der Waals surface area contributed by atoms with Crippen LogP contribution in [0.15, 0.2) is 0 Å². The second-order valence-corrected chi connectivity index (χ2v) is 5.26. The number of methoxy groups -OCH3 is 1. The van der Waals surface area contributed by atoms with Crippen LogP contribution in [0.3, 0.4) is 0 Å². The first-order chi connectivity index (χ1) is 9.56. The van der Waals surface area contributed by atoms with E-state index in [1.807, 2.05) is 6.92 Å². The lowest BCUT2D eigenvalue weighted by atomic mass is 9.85. The molecule has 0 aromatic carbocycles. The van der Waals surface area contributed by atoms with Gasteiger partial charge in [-0.2, -0.15) is 0 Å². The second kappa shape index (κ2) is 6.41. The maximum Gasteiger partial charge on any atom is 0.317 e. The lowest BCUT2D eigenvalue weighted by molar-refractivity contribution is -0.141. The number of hydrogen-bond acceptors (Lipinski definition) is 4. The SMILES string of the molecule is CCOC1CC(NC(=O)N2CCC(C(=O)O)C2)C1OC. The van der Waals surface area contributed by atoms with Crippen molar-refractivity contribution < 1.29 is 24.2 Å². The molecule has 2 fully saturated rings. The van der Waals surface area contributed by atoms with Gasteiger partial charge < -0.3 is 24.8 Å². The third-order valence-corrected chi connectivity index (χ3v) is 4.04. The van der Waals surface area contributed by atoms with Crippen LogP contribution in [0.2, 0.25) is 0 Å². The molecular formula is C13H22N2O5. The monoisotopic (exact) mass is 286 g/mol. The maximum absolute atomic E-state index is 12.1. The van der Waals surface area contributed by atoms with Crippen LogP contribution in [0.5, 0.6) is 0 Å². The number of carboxylic acids is 1. The van der Waals surface area contributed by atoms with Gasteiger partial charge in [-0.3, -0.25) is 4.79 Å². The van der Waals surface area contributed by atoms with Gasteiger partial charge in [-0.25, -0.2) is 4.79 Å².